The van der Waals surface area contributed by atoms with E-state index in [2.05, 4.69) is 20.6 Å². The van der Waals surface area contributed by atoms with Gasteiger partial charge in [-0.3, -0.25) is 4.79 Å². The Morgan fingerprint density at radius 1 is 1.44 bits per heavy atom. The third-order valence-corrected chi connectivity index (χ3v) is 1.86. The molecular formula is C10H16N4O2. The minimum Gasteiger partial charge on any atom is -0.383 e. The molecule has 0 saturated carbocycles. The molecule has 0 bridgehead atoms. The fourth-order valence-corrected chi connectivity index (χ4v) is 1.10. The second kappa shape index (κ2) is 7.72. The quantitative estimate of drug-likeness (QED) is 0.601. The minimum atomic E-state index is -0.0473. The molecule has 0 spiro atoms. The molecule has 0 fully saturated rings. The maximum absolute atomic E-state index is 11.2. The Hall–Kier alpha value is -1.53. The zero-order valence-corrected chi connectivity index (χ0v) is 9.27. The van der Waals surface area contributed by atoms with E-state index in [1.807, 2.05) is 0 Å². The van der Waals surface area contributed by atoms with Gasteiger partial charge in [0.05, 0.1) is 13.2 Å². The Kier molecular flexibility index (Phi) is 6.05. The number of aromatic nitrogens is 2. The topological polar surface area (TPSA) is 76.1 Å². The lowest BCUT2D eigenvalue weighted by Crippen LogP contribution is -2.35. The van der Waals surface area contributed by atoms with Gasteiger partial charge in [0.2, 0.25) is 5.91 Å². The summed E-state index contributed by atoms with van der Waals surface area (Å²) >= 11 is 0. The Bertz CT molecular complexity index is 305. The summed E-state index contributed by atoms with van der Waals surface area (Å²) in [5.74, 6) is -0.0473. The van der Waals surface area contributed by atoms with Crippen molar-refractivity contribution < 1.29 is 9.53 Å². The van der Waals surface area contributed by atoms with Gasteiger partial charge < -0.3 is 15.4 Å². The summed E-state index contributed by atoms with van der Waals surface area (Å²) in [5, 5.41) is 5.71. The van der Waals surface area contributed by atoms with Gasteiger partial charge in [-0.1, -0.05) is 0 Å². The number of nitrogens with one attached hydrogen (secondary N) is 2. The number of carbonyl (C=O) groups excluding carboxylic acids is 1. The van der Waals surface area contributed by atoms with Crippen LogP contribution in [0.25, 0.3) is 0 Å². The molecule has 6 nitrogen and oxygen atoms in total. The van der Waals surface area contributed by atoms with Gasteiger partial charge in [0.15, 0.2) is 0 Å². The van der Waals surface area contributed by atoms with Crippen LogP contribution in [0.1, 0.15) is 5.56 Å². The Balaban J connectivity index is 2.09. The van der Waals surface area contributed by atoms with Gasteiger partial charge in [-0.25, -0.2) is 9.97 Å². The third kappa shape index (κ3) is 5.38. The SMILES string of the molecule is COCCNC(=O)CNCc1cncnc1. The smallest absolute Gasteiger partial charge is 0.234 e. The molecule has 0 aliphatic carbocycles. The van der Waals surface area contributed by atoms with Crippen molar-refractivity contribution >= 4 is 5.91 Å². The van der Waals surface area contributed by atoms with Crippen LogP contribution in [0.15, 0.2) is 18.7 Å². The molecule has 0 aliphatic heterocycles. The highest BCUT2D eigenvalue weighted by atomic mass is 16.5. The first kappa shape index (κ1) is 12.5. The van der Waals surface area contributed by atoms with Crippen molar-refractivity contribution in [3.8, 4) is 0 Å². The molecule has 0 unspecified atom stereocenters. The first-order chi connectivity index (χ1) is 7.83. The monoisotopic (exact) mass is 224 g/mol. The Morgan fingerprint density at radius 3 is 2.88 bits per heavy atom. The van der Waals surface area contributed by atoms with E-state index in [9.17, 15) is 4.79 Å². The second-order valence-corrected chi connectivity index (χ2v) is 3.19. The van der Waals surface area contributed by atoms with E-state index in [0.717, 1.165) is 5.56 Å². The van der Waals surface area contributed by atoms with E-state index >= 15 is 0 Å². The summed E-state index contributed by atoms with van der Waals surface area (Å²) < 4.78 is 4.81. The maximum atomic E-state index is 11.2. The number of rotatable bonds is 7. The summed E-state index contributed by atoms with van der Waals surface area (Å²) in [6.45, 7) is 1.92. The molecule has 1 heterocycles. The largest absolute Gasteiger partial charge is 0.383 e. The minimum absolute atomic E-state index is 0.0473. The van der Waals surface area contributed by atoms with Crippen molar-refractivity contribution in [1.82, 2.24) is 20.6 Å². The first-order valence-corrected chi connectivity index (χ1v) is 5.03. The number of ether oxygens (including phenoxy) is 1. The fourth-order valence-electron chi connectivity index (χ4n) is 1.10. The van der Waals surface area contributed by atoms with Crippen LogP contribution in [0, 0.1) is 0 Å². The standard InChI is InChI=1S/C10H16N4O2/c1-16-3-2-14-10(15)7-11-4-9-5-12-8-13-6-9/h5-6,8,11H,2-4,7H2,1H3,(H,14,15). The van der Waals surface area contributed by atoms with Gasteiger partial charge in [-0.05, 0) is 0 Å². The van der Waals surface area contributed by atoms with Gasteiger partial charge >= 0.3 is 0 Å². The van der Waals surface area contributed by atoms with Gasteiger partial charge in [0.25, 0.3) is 0 Å². The predicted molar refractivity (Wildman–Crippen MR) is 58.6 cm³/mol. The van der Waals surface area contributed by atoms with Crippen LogP contribution in [0.5, 0.6) is 0 Å². The van der Waals surface area contributed by atoms with Crippen LogP contribution >= 0.6 is 0 Å². The van der Waals surface area contributed by atoms with Crippen LogP contribution in [-0.2, 0) is 16.1 Å². The van der Waals surface area contributed by atoms with E-state index < -0.39 is 0 Å². The summed E-state index contributed by atoms with van der Waals surface area (Å²) in [6.07, 6.45) is 4.90. The molecule has 0 aromatic carbocycles. The van der Waals surface area contributed by atoms with Crippen molar-refractivity contribution in [1.29, 1.82) is 0 Å². The number of carbonyl (C=O) groups is 1. The lowest BCUT2D eigenvalue weighted by molar-refractivity contribution is -0.120. The van der Waals surface area contributed by atoms with Crippen molar-refractivity contribution in [3.63, 3.8) is 0 Å². The number of hydrogen-bond donors (Lipinski definition) is 2. The van der Waals surface area contributed by atoms with Gasteiger partial charge in [0, 0.05) is 38.2 Å². The zero-order valence-electron chi connectivity index (χ0n) is 9.27. The number of methoxy groups -OCH3 is 1. The molecule has 2 N–H and O–H groups in total. The third-order valence-electron chi connectivity index (χ3n) is 1.86. The van der Waals surface area contributed by atoms with Crippen molar-refractivity contribution in [2.24, 2.45) is 0 Å². The zero-order chi connectivity index (χ0) is 11.6. The van der Waals surface area contributed by atoms with Crippen LogP contribution in [0.4, 0.5) is 0 Å². The molecule has 88 valence electrons. The van der Waals surface area contributed by atoms with E-state index in [-0.39, 0.29) is 12.5 Å². The van der Waals surface area contributed by atoms with Crippen molar-refractivity contribution in [3.05, 3.63) is 24.3 Å². The van der Waals surface area contributed by atoms with Gasteiger partial charge in [-0.15, -0.1) is 0 Å². The van der Waals surface area contributed by atoms with Crippen molar-refractivity contribution in [2.75, 3.05) is 26.8 Å². The maximum Gasteiger partial charge on any atom is 0.234 e. The molecular weight excluding hydrogens is 208 g/mol. The van der Waals surface area contributed by atoms with Crippen LogP contribution in [-0.4, -0.2) is 42.7 Å². The average Bonchev–Trinajstić information content (AvgIpc) is 2.31. The molecule has 1 amide bonds. The molecule has 0 atom stereocenters. The molecule has 1 aromatic rings. The van der Waals surface area contributed by atoms with Gasteiger partial charge in [-0.2, -0.15) is 0 Å². The number of hydrogen-bond acceptors (Lipinski definition) is 5. The molecule has 16 heavy (non-hydrogen) atoms. The lowest BCUT2D eigenvalue weighted by atomic mass is 10.3. The summed E-state index contributed by atoms with van der Waals surface area (Å²) in [5.41, 5.74) is 0.951. The Labute approximate surface area is 94.4 Å². The number of nitrogens with zero attached hydrogens (tertiary/aromatic N) is 2. The highest BCUT2D eigenvalue weighted by molar-refractivity contribution is 5.77. The van der Waals surface area contributed by atoms with Crippen LogP contribution in [0.2, 0.25) is 0 Å². The average molecular weight is 224 g/mol. The molecule has 0 saturated heterocycles. The molecule has 0 radical (unpaired) electrons. The highest BCUT2D eigenvalue weighted by Crippen LogP contribution is 1.90. The fraction of sp³-hybridized carbons (Fsp3) is 0.500. The lowest BCUT2D eigenvalue weighted by Gasteiger charge is -2.05. The summed E-state index contributed by atoms with van der Waals surface area (Å²) in [4.78, 5) is 19.0. The summed E-state index contributed by atoms with van der Waals surface area (Å²) in [7, 11) is 1.60. The highest BCUT2D eigenvalue weighted by Gasteiger charge is 1.99. The van der Waals surface area contributed by atoms with Crippen molar-refractivity contribution in [2.45, 2.75) is 6.54 Å². The first-order valence-electron chi connectivity index (χ1n) is 5.03. The normalized spacial score (nSPS) is 10.1. The second-order valence-electron chi connectivity index (χ2n) is 3.19. The molecule has 6 heteroatoms. The molecule has 0 aliphatic rings. The molecule has 1 rings (SSSR count). The predicted octanol–water partition coefficient (Wildman–Crippen LogP) is -0.671. The van der Waals surface area contributed by atoms with E-state index in [0.29, 0.717) is 19.7 Å². The van der Waals surface area contributed by atoms with E-state index in [1.165, 1.54) is 6.33 Å². The van der Waals surface area contributed by atoms with E-state index in [1.54, 1.807) is 19.5 Å². The Morgan fingerprint density at radius 2 is 2.19 bits per heavy atom. The summed E-state index contributed by atoms with van der Waals surface area (Å²) in [6, 6.07) is 0. The van der Waals surface area contributed by atoms with Gasteiger partial charge in [0.1, 0.15) is 6.33 Å². The van der Waals surface area contributed by atoms with E-state index in [4.69, 9.17) is 4.74 Å². The van der Waals surface area contributed by atoms with Crippen LogP contribution in [0.3, 0.4) is 0 Å². The molecule has 1 aromatic heterocycles. The van der Waals surface area contributed by atoms with Crippen LogP contribution < -0.4 is 10.6 Å². The number of amides is 1.